The van der Waals surface area contributed by atoms with Crippen LogP contribution in [0, 0.1) is 0 Å². The second-order valence-corrected chi connectivity index (χ2v) is 4.77. The maximum absolute atomic E-state index is 4.38. The van der Waals surface area contributed by atoms with E-state index < -0.39 is 0 Å². The Morgan fingerprint density at radius 1 is 1.38 bits per heavy atom. The van der Waals surface area contributed by atoms with Crippen LogP contribution in [-0.4, -0.2) is 9.55 Å². The van der Waals surface area contributed by atoms with E-state index in [4.69, 9.17) is 0 Å². The van der Waals surface area contributed by atoms with Crippen molar-refractivity contribution in [2.75, 3.05) is 0 Å². The molecule has 2 rings (SSSR count). The van der Waals surface area contributed by atoms with Gasteiger partial charge in [-0.2, -0.15) is 0 Å². The fraction of sp³-hybridized carbons (Fsp3) is 0.308. The Balaban J connectivity index is 2.17. The van der Waals surface area contributed by atoms with E-state index in [2.05, 4.69) is 50.6 Å². The molecule has 16 heavy (non-hydrogen) atoms. The Bertz CT molecular complexity index is 462. The van der Waals surface area contributed by atoms with E-state index in [9.17, 15) is 0 Å². The van der Waals surface area contributed by atoms with Gasteiger partial charge in [-0.3, -0.25) is 0 Å². The SMILES string of the molecule is CCCc1nccn1Cc1cccc(Br)c1. The molecule has 0 saturated heterocycles. The van der Waals surface area contributed by atoms with Crippen LogP contribution in [-0.2, 0) is 13.0 Å². The quantitative estimate of drug-likeness (QED) is 0.835. The molecule has 0 aliphatic rings. The molecule has 0 atom stereocenters. The van der Waals surface area contributed by atoms with Gasteiger partial charge in [0, 0.05) is 29.8 Å². The molecule has 1 aromatic carbocycles. The molecule has 1 aromatic heterocycles. The zero-order valence-electron chi connectivity index (χ0n) is 9.36. The zero-order valence-corrected chi connectivity index (χ0v) is 10.9. The molecule has 0 saturated carbocycles. The van der Waals surface area contributed by atoms with Crippen LogP contribution in [0.1, 0.15) is 24.7 Å². The summed E-state index contributed by atoms with van der Waals surface area (Å²) in [4.78, 5) is 4.38. The Morgan fingerprint density at radius 3 is 3.00 bits per heavy atom. The fourth-order valence-electron chi connectivity index (χ4n) is 1.77. The van der Waals surface area contributed by atoms with Crippen molar-refractivity contribution in [1.82, 2.24) is 9.55 Å². The van der Waals surface area contributed by atoms with Gasteiger partial charge in [-0.25, -0.2) is 4.98 Å². The molecule has 0 bridgehead atoms. The Kier molecular flexibility index (Phi) is 3.78. The van der Waals surface area contributed by atoms with Crippen molar-refractivity contribution < 1.29 is 0 Å². The first kappa shape index (κ1) is 11.4. The molecule has 0 N–H and O–H groups in total. The molecular formula is C13H15BrN2. The van der Waals surface area contributed by atoms with Gasteiger partial charge in [-0.05, 0) is 24.1 Å². The standard InChI is InChI=1S/C13H15BrN2/c1-2-4-13-15-7-8-16(13)10-11-5-3-6-12(14)9-11/h3,5-9H,2,4,10H2,1H3. The van der Waals surface area contributed by atoms with Crippen LogP contribution in [0.4, 0.5) is 0 Å². The molecule has 0 unspecified atom stereocenters. The van der Waals surface area contributed by atoms with Crippen LogP contribution < -0.4 is 0 Å². The summed E-state index contributed by atoms with van der Waals surface area (Å²) < 4.78 is 3.34. The summed E-state index contributed by atoms with van der Waals surface area (Å²) in [5, 5.41) is 0. The van der Waals surface area contributed by atoms with Crippen molar-refractivity contribution in [3.63, 3.8) is 0 Å². The number of hydrogen-bond donors (Lipinski definition) is 0. The smallest absolute Gasteiger partial charge is 0.108 e. The number of hydrogen-bond acceptors (Lipinski definition) is 1. The molecule has 0 amide bonds. The van der Waals surface area contributed by atoms with Gasteiger partial charge in [-0.1, -0.05) is 35.0 Å². The number of rotatable bonds is 4. The molecule has 0 spiro atoms. The van der Waals surface area contributed by atoms with Gasteiger partial charge in [0.15, 0.2) is 0 Å². The topological polar surface area (TPSA) is 17.8 Å². The van der Waals surface area contributed by atoms with Crippen LogP contribution >= 0.6 is 15.9 Å². The Labute approximate surface area is 104 Å². The molecule has 0 aliphatic heterocycles. The van der Waals surface area contributed by atoms with E-state index in [1.54, 1.807) is 0 Å². The van der Waals surface area contributed by atoms with Gasteiger partial charge in [0.1, 0.15) is 5.82 Å². The van der Waals surface area contributed by atoms with Crippen molar-refractivity contribution in [1.29, 1.82) is 0 Å². The van der Waals surface area contributed by atoms with Gasteiger partial charge in [-0.15, -0.1) is 0 Å². The molecule has 84 valence electrons. The summed E-state index contributed by atoms with van der Waals surface area (Å²) in [6.07, 6.45) is 6.10. The van der Waals surface area contributed by atoms with Crippen molar-refractivity contribution in [2.24, 2.45) is 0 Å². The number of aromatic nitrogens is 2. The first-order valence-corrected chi connectivity index (χ1v) is 6.33. The first-order valence-electron chi connectivity index (χ1n) is 5.54. The van der Waals surface area contributed by atoms with Gasteiger partial charge in [0.2, 0.25) is 0 Å². The second-order valence-electron chi connectivity index (χ2n) is 3.85. The lowest BCUT2D eigenvalue weighted by Gasteiger charge is -2.07. The minimum Gasteiger partial charge on any atom is -0.331 e. The van der Waals surface area contributed by atoms with E-state index in [1.165, 1.54) is 11.4 Å². The van der Waals surface area contributed by atoms with Crippen LogP contribution in [0.3, 0.4) is 0 Å². The van der Waals surface area contributed by atoms with E-state index in [-0.39, 0.29) is 0 Å². The van der Waals surface area contributed by atoms with Gasteiger partial charge >= 0.3 is 0 Å². The van der Waals surface area contributed by atoms with E-state index in [0.29, 0.717) is 0 Å². The third-order valence-electron chi connectivity index (χ3n) is 2.52. The molecule has 0 fully saturated rings. The highest BCUT2D eigenvalue weighted by molar-refractivity contribution is 9.10. The summed E-state index contributed by atoms with van der Waals surface area (Å²) in [5.41, 5.74) is 1.30. The minimum absolute atomic E-state index is 0.898. The first-order chi connectivity index (χ1) is 7.79. The van der Waals surface area contributed by atoms with Gasteiger partial charge in [0.25, 0.3) is 0 Å². The average molecular weight is 279 g/mol. The summed E-state index contributed by atoms with van der Waals surface area (Å²) >= 11 is 3.49. The molecule has 3 heteroatoms. The molecule has 0 aliphatic carbocycles. The number of benzene rings is 1. The highest BCUT2D eigenvalue weighted by Crippen LogP contribution is 2.13. The predicted molar refractivity (Wildman–Crippen MR) is 69.5 cm³/mol. The number of nitrogens with zero attached hydrogens (tertiary/aromatic N) is 2. The van der Waals surface area contributed by atoms with Crippen LogP contribution in [0.2, 0.25) is 0 Å². The Morgan fingerprint density at radius 2 is 2.25 bits per heavy atom. The zero-order chi connectivity index (χ0) is 11.4. The van der Waals surface area contributed by atoms with Crippen molar-refractivity contribution in [3.8, 4) is 0 Å². The normalized spacial score (nSPS) is 10.6. The van der Waals surface area contributed by atoms with Gasteiger partial charge in [0.05, 0.1) is 0 Å². The van der Waals surface area contributed by atoms with Crippen molar-refractivity contribution >= 4 is 15.9 Å². The predicted octanol–water partition coefficient (Wildman–Crippen LogP) is 3.65. The third-order valence-corrected chi connectivity index (χ3v) is 3.01. The third kappa shape index (κ3) is 2.73. The van der Waals surface area contributed by atoms with E-state index in [0.717, 1.165) is 23.9 Å². The number of halogens is 1. The van der Waals surface area contributed by atoms with Crippen molar-refractivity contribution in [3.05, 3.63) is 52.5 Å². The molecule has 0 radical (unpaired) electrons. The Hall–Kier alpha value is -1.09. The van der Waals surface area contributed by atoms with Crippen molar-refractivity contribution in [2.45, 2.75) is 26.3 Å². The number of imidazole rings is 1. The summed E-state index contributed by atoms with van der Waals surface area (Å²) in [6, 6.07) is 8.40. The molecule has 1 heterocycles. The second kappa shape index (κ2) is 5.30. The maximum atomic E-state index is 4.38. The van der Waals surface area contributed by atoms with E-state index >= 15 is 0 Å². The van der Waals surface area contributed by atoms with Crippen LogP contribution in [0.5, 0.6) is 0 Å². The van der Waals surface area contributed by atoms with Crippen LogP contribution in [0.25, 0.3) is 0 Å². The monoisotopic (exact) mass is 278 g/mol. The lowest BCUT2D eigenvalue weighted by molar-refractivity contribution is 0.705. The average Bonchev–Trinajstić information content (AvgIpc) is 2.66. The summed E-state index contributed by atoms with van der Waals surface area (Å²) in [6.45, 7) is 3.08. The highest BCUT2D eigenvalue weighted by atomic mass is 79.9. The van der Waals surface area contributed by atoms with E-state index in [1.807, 2.05) is 18.5 Å². The lowest BCUT2D eigenvalue weighted by atomic mass is 10.2. The highest BCUT2D eigenvalue weighted by Gasteiger charge is 2.02. The summed E-state index contributed by atoms with van der Waals surface area (Å²) in [5.74, 6) is 1.17. The lowest BCUT2D eigenvalue weighted by Crippen LogP contribution is -2.04. The van der Waals surface area contributed by atoms with Gasteiger partial charge < -0.3 is 4.57 Å². The molecule has 2 aromatic rings. The fourth-order valence-corrected chi connectivity index (χ4v) is 2.21. The minimum atomic E-state index is 0.898. The van der Waals surface area contributed by atoms with Crippen LogP contribution in [0.15, 0.2) is 41.1 Å². The number of aryl methyl sites for hydroxylation is 1. The largest absolute Gasteiger partial charge is 0.331 e. The molecular weight excluding hydrogens is 264 g/mol. The summed E-state index contributed by atoms with van der Waals surface area (Å²) in [7, 11) is 0. The molecule has 2 nitrogen and oxygen atoms in total. The maximum Gasteiger partial charge on any atom is 0.108 e.